The van der Waals surface area contributed by atoms with E-state index in [1.807, 2.05) is 37.3 Å². The van der Waals surface area contributed by atoms with Gasteiger partial charge in [0.2, 0.25) is 0 Å². The van der Waals surface area contributed by atoms with Crippen molar-refractivity contribution in [3.05, 3.63) is 71.7 Å². The van der Waals surface area contributed by atoms with E-state index in [9.17, 15) is 9.65 Å². The Labute approximate surface area is 192 Å². The molecule has 2 aromatic heterocycles. The highest BCUT2D eigenvalue weighted by Crippen LogP contribution is 2.36. The van der Waals surface area contributed by atoms with Crippen LogP contribution < -0.4 is 10.1 Å². The van der Waals surface area contributed by atoms with Crippen LogP contribution in [0.5, 0.6) is 5.75 Å². The second-order valence-corrected chi connectivity index (χ2v) is 8.61. The zero-order valence-electron chi connectivity index (χ0n) is 18.7. The van der Waals surface area contributed by atoms with E-state index >= 15 is 0 Å². The highest BCUT2D eigenvalue weighted by molar-refractivity contribution is 5.90. The van der Waals surface area contributed by atoms with E-state index in [1.54, 1.807) is 6.07 Å². The van der Waals surface area contributed by atoms with Crippen molar-refractivity contribution in [3.8, 4) is 34.2 Å². The van der Waals surface area contributed by atoms with Crippen molar-refractivity contribution in [2.24, 2.45) is 5.92 Å². The number of pyridine rings is 1. The molecule has 0 radical (unpaired) electrons. The van der Waals surface area contributed by atoms with Gasteiger partial charge in [0.25, 0.3) is 0 Å². The molecular weight excluding hydrogens is 415 g/mol. The fraction of sp³-hybridized carbons (Fsp3) is 0.259. The maximum absolute atomic E-state index is 14.6. The Morgan fingerprint density at radius 1 is 1.18 bits per heavy atom. The molecule has 166 valence electrons. The number of ether oxygens (including phenoxy) is 1. The first-order chi connectivity index (χ1) is 16.1. The number of aryl methyl sites for hydroxylation is 1. The molecule has 0 spiro atoms. The molecule has 1 fully saturated rings. The molecule has 1 N–H and O–H groups in total. The fourth-order valence-corrected chi connectivity index (χ4v) is 4.63. The molecule has 0 saturated carbocycles. The molecule has 1 atom stereocenters. The van der Waals surface area contributed by atoms with E-state index in [-0.39, 0.29) is 5.75 Å². The summed E-state index contributed by atoms with van der Waals surface area (Å²) in [4.78, 5) is 4.98. The monoisotopic (exact) mass is 440 g/mol. The summed E-state index contributed by atoms with van der Waals surface area (Å²) < 4.78 is 21.9. The molecule has 1 aliphatic rings. The number of halogens is 1. The maximum Gasteiger partial charge on any atom is 0.165 e. The first kappa shape index (κ1) is 21.2. The van der Waals surface area contributed by atoms with Gasteiger partial charge in [-0.15, -0.1) is 0 Å². The molecule has 0 bridgehead atoms. The molecule has 0 aliphatic carbocycles. The first-order valence-electron chi connectivity index (χ1n) is 11.1. The van der Waals surface area contributed by atoms with Crippen LogP contribution in [-0.4, -0.2) is 29.8 Å². The van der Waals surface area contributed by atoms with Gasteiger partial charge in [-0.3, -0.25) is 0 Å². The molecule has 1 unspecified atom stereocenters. The van der Waals surface area contributed by atoms with Crippen molar-refractivity contribution in [1.82, 2.24) is 14.9 Å². The van der Waals surface area contributed by atoms with E-state index in [0.29, 0.717) is 22.7 Å². The van der Waals surface area contributed by atoms with Crippen LogP contribution in [0.25, 0.3) is 33.4 Å². The molecule has 3 heterocycles. The number of aromatic nitrogens is 2. The topological polar surface area (TPSA) is 62.9 Å². The Hall–Kier alpha value is -3.69. The molecular formula is C27H25FN4O. The number of rotatable bonds is 5. The van der Waals surface area contributed by atoms with Crippen molar-refractivity contribution in [1.29, 1.82) is 5.26 Å². The van der Waals surface area contributed by atoms with E-state index < -0.39 is 5.82 Å². The van der Waals surface area contributed by atoms with Gasteiger partial charge in [-0.1, -0.05) is 12.1 Å². The quantitative estimate of drug-likeness (QED) is 0.457. The number of hydrogen-bond donors (Lipinski definition) is 1. The summed E-state index contributed by atoms with van der Waals surface area (Å²) >= 11 is 0. The van der Waals surface area contributed by atoms with Crippen molar-refractivity contribution in [2.45, 2.75) is 19.9 Å². The zero-order valence-corrected chi connectivity index (χ0v) is 18.7. The second-order valence-electron chi connectivity index (χ2n) is 8.61. The largest absolute Gasteiger partial charge is 0.494 e. The lowest BCUT2D eigenvalue weighted by Crippen LogP contribution is -2.14. The summed E-state index contributed by atoms with van der Waals surface area (Å²) in [6.07, 6.45) is 3.25. The van der Waals surface area contributed by atoms with Gasteiger partial charge in [-0.25, -0.2) is 9.37 Å². The minimum Gasteiger partial charge on any atom is -0.494 e. The third-order valence-electron chi connectivity index (χ3n) is 6.45. The smallest absolute Gasteiger partial charge is 0.165 e. The predicted octanol–water partition coefficient (Wildman–Crippen LogP) is 5.31. The molecule has 1 aliphatic heterocycles. The Balaban J connectivity index is 1.69. The highest BCUT2D eigenvalue weighted by atomic mass is 19.1. The highest BCUT2D eigenvalue weighted by Gasteiger charge is 2.19. The average molecular weight is 441 g/mol. The number of methoxy groups -OCH3 is 1. The van der Waals surface area contributed by atoms with Crippen LogP contribution in [-0.2, 0) is 6.54 Å². The molecule has 0 amide bonds. The van der Waals surface area contributed by atoms with Crippen molar-refractivity contribution < 1.29 is 9.13 Å². The van der Waals surface area contributed by atoms with E-state index in [0.717, 1.165) is 53.8 Å². The van der Waals surface area contributed by atoms with Crippen molar-refractivity contribution >= 4 is 11.0 Å². The van der Waals surface area contributed by atoms with Gasteiger partial charge < -0.3 is 14.6 Å². The Bertz CT molecular complexity index is 1380. The lowest BCUT2D eigenvalue weighted by Gasteiger charge is -2.15. The number of nitriles is 1. The molecule has 4 aromatic rings. The summed E-state index contributed by atoms with van der Waals surface area (Å²) in [7, 11) is 1.45. The lowest BCUT2D eigenvalue weighted by molar-refractivity contribution is 0.386. The number of hydrogen-bond acceptors (Lipinski definition) is 4. The van der Waals surface area contributed by atoms with Crippen LogP contribution in [0.2, 0.25) is 0 Å². The van der Waals surface area contributed by atoms with Crippen LogP contribution >= 0.6 is 0 Å². The summed E-state index contributed by atoms with van der Waals surface area (Å²) in [6.45, 7) is 4.94. The van der Waals surface area contributed by atoms with Crippen molar-refractivity contribution in [3.63, 3.8) is 0 Å². The summed E-state index contributed by atoms with van der Waals surface area (Å²) in [5, 5.41) is 12.8. The molecule has 6 heteroatoms. The second kappa shape index (κ2) is 8.68. The Morgan fingerprint density at radius 3 is 2.73 bits per heavy atom. The third-order valence-corrected chi connectivity index (χ3v) is 6.45. The zero-order chi connectivity index (χ0) is 22.9. The van der Waals surface area contributed by atoms with Gasteiger partial charge in [0.1, 0.15) is 0 Å². The summed E-state index contributed by atoms with van der Waals surface area (Å²) in [5.74, 6) is 0.369. The third kappa shape index (κ3) is 3.96. The fourth-order valence-electron chi connectivity index (χ4n) is 4.63. The normalized spacial score (nSPS) is 15.6. The van der Waals surface area contributed by atoms with Crippen LogP contribution in [0, 0.1) is 30.0 Å². The predicted molar refractivity (Wildman–Crippen MR) is 128 cm³/mol. The molecule has 2 aromatic carbocycles. The van der Waals surface area contributed by atoms with Crippen LogP contribution in [0.3, 0.4) is 0 Å². The number of fused-ring (bicyclic) bond motifs is 1. The van der Waals surface area contributed by atoms with Gasteiger partial charge in [0.05, 0.1) is 35.5 Å². The van der Waals surface area contributed by atoms with Gasteiger partial charge in [-0.2, -0.15) is 5.26 Å². The Morgan fingerprint density at radius 2 is 2.03 bits per heavy atom. The standard InChI is InChI=1S/C27H25FN4O/c1-17-11-19(3-4-21(17)14-29)22-13-25-24(8-10-32(25)16-18-7-9-30-15-18)31-27(22)20-5-6-26(33-2)23(28)12-20/h3-6,8,10-13,18,30H,7,9,15-16H2,1-2H3. The lowest BCUT2D eigenvalue weighted by atomic mass is 9.95. The first-order valence-corrected chi connectivity index (χ1v) is 11.1. The molecule has 33 heavy (non-hydrogen) atoms. The molecule has 5 rings (SSSR count). The van der Waals surface area contributed by atoms with Crippen LogP contribution in [0.15, 0.2) is 54.7 Å². The van der Waals surface area contributed by atoms with Gasteiger partial charge in [-0.05, 0) is 79.9 Å². The summed E-state index contributed by atoms with van der Waals surface area (Å²) in [6, 6.07) is 17.1. The van der Waals surface area contributed by atoms with Crippen LogP contribution in [0.4, 0.5) is 4.39 Å². The van der Waals surface area contributed by atoms with E-state index in [4.69, 9.17) is 9.72 Å². The molecule has 5 nitrogen and oxygen atoms in total. The van der Waals surface area contributed by atoms with E-state index in [1.165, 1.54) is 13.2 Å². The van der Waals surface area contributed by atoms with Crippen LogP contribution in [0.1, 0.15) is 17.5 Å². The average Bonchev–Trinajstić information content (AvgIpc) is 3.48. The SMILES string of the molecule is COc1ccc(-c2nc3ccn(CC4CCNC4)c3cc2-c2ccc(C#N)c(C)c2)cc1F. The number of nitrogens with zero attached hydrogens (tertiary/aromatic N) is 3. The number of nitrogens with one attached hydrogen (secondary N) is 1. The van der Waals surface area contributed by atoms with Crippen molar-refractivity contribution in [2.75, 3.05) is 20.2 Å². The minimum absolute atomic E-state index is 0.201. The summed E-state index contributed by atoms with van der Waals surface area (Å²) in [5.41, 5.74) is 6.70. The Kier molecular flexibility index (Phi) is 5.57. The maximum atomic E-state index is 14.6. The van der Waals surface area contributed by atoms with E-state index in [2.05, 4.69) is 28.2 Å². The van der Waals surface area contributed by atoms with Gasteiger partial charge >= 0.3 is 0 Å². The van der Waals surface area contributed by atoms with Gasteiger partial charge in [0.15, 0.2) is 11.6 Å². The minimum atomic E-state index is -0.426. The number of benzene rings is 2. The van der Waals surface area contributed by atoms with Gasteiger partial charge in [0, 0.05) is 23.9 Å². The molecule has 1 saturated heterocycles.